The summed E-state index contributed by atoms with van der Waals surface area (Å²) in [5.41, 5.74) is 0. The number of hydrogen-bond donors (Lipinski definition) is 1. The van der Waals surface area contributed by atoms with E-state index >= 15 is 0 Å². The number of carbonyl (C=O) groups is 1. The van der Waals surface area contributed by atoms with Gasteiger partial charge in [0, 0.05) is 32.3 Å². The Kier molecular flexibility index (Phi) is 3.31. The van der Waals surface area contributed by atoms with Gasteiger partial charge in [-0.2, -0.15) is 0 Å². The highest BCUT2D eigenvalue weighted by Crippen LogP contribution is 2.05. The zero-order valence-corrected chi connectivity index (χ0v) is 8.16. The summed E-state index contributed by atoms with van der Waals surface area (Å²) in [6, 6.07) is 0. The van der Waals surface area contributed by atoms with E-state index in [2.05, 4.69) is 4.90 Å². The van der Waals surface area contributed by atoms with Gasteiger partial charge >= 0.3 is 0 Å². The highest BCUT2D eigenvalue weighted by Gasteiger charge is 2.15. The average Bonchev–Trinajstić information content (AvgIpc) is 2.04. The third-order valence-corrected chi connectivity index (χ3v) is 2.16. The minimum Gasteiger partial charge on any atom is -0.495 e. The molecule has 1 rings (SSSR count). The molecule has 0 unspecified atom stereocenters. The van der Waals surface area contributed by atoms with Crippen LogP contribution in [0.1, 0.15) is 6.92 Å². The van der Waals surface area contributed by atoms with Crippen LogP contribution in [0.2, 0.25) is 0 Å². The van der Waals surface area contributed by atoms with Crippen LogP contribution in [0, 0.1) is 0 Å². The summed E-state index contributed by atoms with van der Waals surface area (Å²) in [5, 5.41) is 9.48. The van der Waals surface area contributed by atoms with E-state index in [1.807, 2.05) is 11.9 Å². The van der Waals surface area contributed by atoms with Gasteiger partial charge in [0.2, 0.25) is 0 Å². The van der Waals surface area contributed by atoms with Gasteiger partial charge in [-0.15, -0.1) is 0 Å². The van der Waals surface area contributed by atoms with Crippen molar-refractivity contribution in [3.63, 3.8) is 0 Å². The van der Waals surface area contributed by atoms with E-state index in [4.69, 9.17) is 0 Å². The van der Waals surface area contributed by atoms with Gasteiger partial charge in [-0.3, -0.25) is 4.79 Å². The lowest BCUT2D eigenvalue weighted by atomic mass is 10.3. The van der Waals surface area contributed by atoms with Gasteiger partial charge in [0.15, 0.2) is 11.7 Å². The van der Waals surface area contributed by atoms with Crippen molar-refractivity contribution < 1.29 is 9.90 Å². The predicted molar refractivity (Wildman–Crippen MR) is 50.5 cm³/mol. The number of allylic oxidation sites excluding steroid dienone is 1. The van der Waals surface area contributed by atoms with Crippen molar-refractivity contribution in [3.8, 4) is 0 Å². The molecule has 0 aliphatic carbocycles. The lowest BCUT2D eigenvalue weighted by Crippen LogP contribution is -2.43. The van der Waals surface area contributed by atoms with Crippen LogP contribution in [0.5, 0.6) is 0 Å². The Hall–Kier alpha value is -1.03. The second kappa shape index (κ2) is 4.28. The predicted octanol–water partition coefficient (Wildman–Crippen LogP) is 0.222. The number of rotatable bonds is 2. The van der Waals surface area contributed by atoms with E-state index in [1.165, 1.54) is 13.0 Å². The fourth-order valence-corrected chi connectivity index (χ4v) is 1.31. The van der Waals surface area contributed by atoms with Crippen molar-refractivity contribution in [1.82, 2.24) is 9.80 Å². The maximum absolute atomic E-state index is 10.7. The third kappa shape index (κ3) is 3.06. The SMILES string of the molecule is CC(=O)/C=C(\O)N1CCN(C)CC1. The molecule has 0 aromatic carbocycles. The van der Waals surface area contributed by atoms with E-state index < -0.39 is 0 Å². The van der Waals surface area contributed by atoms with Crippen molar-refractivity contribution in [2.24, 2.45) is 0 Å². The molecule has 1 heterocycles. The highest BCUT2D eigenvalue weighted by molar-refractivity contribution is 5.87. The van der Waals surface area contributed by atoms with Gasteiger partial charge in [0.05, 0.1) is 0 Å². The summed E-state index contributed by atoms with van der Waals surface area (Å²) in [5.74, 6) is -0.0166. The van der Waals surface area contributed by atoms with Crippen LogP contribution in [0.25, 0.3) is 0 Å². The molecule has 0 aromatic heterocycles. The molecule has 0 amide bonds. The van der Waals surface area contributed by atoms with Crippen LogP contribution >= 0.6 is 0 Å². The molecule has 1 fully saturated rings. The Morgan fingerprint density at radius 2 is 1.85 bits per heavy atom. The van der Waals surface area contributed by atoms with Crippen molar-refractivity contribution in [2.75, 3.05) is 33.2 Å². The van der Waals surface area contributed by atoms with Gasteiger partial charge in [-0.1, -0.05) is 0 Å². The largest absolute Gasteiger partial charge is 0.495 e. The molecule has 4 nitrogen and oxygen atoms in total. The maximum atomic E-state index is 10.7. The minimum absolute atomic E-state index is 0.0978. The van der Waals surface area contributed by atoms with Gasteiger partial charge in [-0.05, 0) is 14.0 Å². The number of aliphatic hydroxyl groups is 1. The number of ketones is 1. The number of aliphatic hydroxyl groups excluding tert-OH is 1. The molecule has 13 heavy (non-hydrogen) atoms. The maximum Gasteiger partial charge on any atom is 0.190 e. The molecule has 0 aromatic rings. The number of hydrogen-bond acceptors (Lipinski definition) is 4. The van der Waals surface area contributed by atoms with Crippen molar-refractivity contribution in [2.45, 2.75) is 6.92 Å². The average molecular weight is 184 g/mol. The number of likely N-dealkylation sites (N-methyl/N-ethyl adjacent to an activating group) is 1. The fourth-order valence-electron chi connectivity index (χ4n) is 1.31. The molecule has 74 valence electrons. The lowest BCUT2D eigenvalue weighted by Gasteiger charge is -2.32. The third-order valence-electron chi connectivity index (χ3n) is 2.16. The summed E-state index contributed by atoms with van der Waals surface area (Å²) >= 11 is 0. The van der Waals surface area contributed by atoms with Crippen LogP contribution in [-0.2, 0) is 4.79 Å². The minimum atomic E-state index is -0.114. The second-order valence-electron chi connectivity index (χ2n) is 3.40. The van der Waals surface area contributed by atoms with Crippen molar-refractivity contribution >= 4 is 5.78 Å². The van der Waals surface area contributed by atoms with E-state index in [0.29, 0.717) is 0 Å². The van der Waals surface area contributed by atoms with Crippen LogP contribution in [0.3, 0.4) is 0 Å². The number of carbonyl (C=O) groups excluding carboxylic acids is 1. The molecule has 0 radical (unpaired) electrons. The fraction of sp³-hybridized carbons (Fsp3) is 0.667. The van der Waals surface area contributed by atoms with Gasteiger partial charge < -0.3 is 14.9 Å². The second-order valence-corrected chi connectivity index (χ2v) is 3.40. The Labute approximate surface area is 78.4 Å². The standard InChI is InChI=1S/C9H16N2O2/c1-8(12)7-9(13)11-5-3-10(2)4-6-11/h7,13H,3-6H2,1-2H3/b9-7-. The van der Waals surface area contributed by atoms with Crippen molar-refractivity contribution in [3.05, 3.63) is 12.0 Å². The first-order valence-corrected chi connectivity index (χ1v) is 4.44. The van der Waals surface area contributed by atoms with E-state index in [-0.39, 0.29) is 11.7 Å². The van der Waals surface area contributed by atoms with Gasteiger partial charge in [-0.25, -0.2) is 0 Å². The molecule has 0 spiro atoms. The Balaban J connectivity index is 2.49. The monoisotopic (exact) mass is 184 g/mol. The molecular weight excluding hydrogens is 168 g/mol. The normalized spacial score (nSPS) is 20.5. The molecule has 1 saturated heterocycles. The summed E-state index contributed by atoms with van der Waals surface area (Å²) in [4.78, 5) is 14.7. The van der Waals surface area contributed by atoms with Crippen LogP contribution in [-0.4, -0.2) is 53.9 Å². The first-order chi connectivity index (χ1) is 6.09. The quantitative estimate of drug-likeness (QED) is 0.492. The summed E-state index contributed by atoms with van der Waals surface area (Å²) < 4.78 is 0. The molecule has 0 saturated carbocycles. The number of nitrogens with zero attached hydrogens (tertiary/aromatic N) is 2. The zero-order chi connectivity index (χ0) is 9.84. The molecule has 0 bridgehead atoms. The summed E-state index contributed by atoms with van der Waals surface area (Å²) in [7, 11) is 2.04. The lowest BCUT2D eigenvalue weighted by molar-refractivity contribution is -0.112. The Morgan fingerprint density at radius 1 is 1.31 bits per heavy atom. The molecule has 4 heteroatoms. The Bertz CT molecular complexity index is 218. The highest BCUT2D eigenvalue weighted by atomic mass is 16.3. The number of piperazine rings is 1. The molecule has 1 aliphatic heterocycles. The van der Waals surface area contributed by atoms with E-state index in [1.54, 1.807) is 0 Å². The first-order valence-electron chi connectivity index (χ1n) is 4.44. The first kappa shape index (κ1) is 10.1. The Morgan fingerprint density at radius 3 is 2.31 bits per heavy atom. The molecule has 1 aliphatic rings. The van der Waals surface area contributed by atoms with Gasteiger partial charge in [0.25, 0.3) is 0 Å². The topological polar surface area (TPSA) is 43.8 Å². The molecule has 1 N–H and O–H groups in total. The molecular formula is C9H16N2O2. The van der Waals surface area contributed by atoms with Crippen molar-refractivity contribution in [1.29, 1.82) is 0 Å². The summed E-state index contributed by atoms with van der Waals surface area (Å²) in [6.45, 7) is 4.86. The summed E-state index contributed by atoms with van der Waals surface area (Å²) in [6.07, 6.45) is 1.27. The van der Waals surface area contributed by atoms with Crippen LogP contribution in [0.15, 0.2) is 12.0 Å². The zero-order valence-electron chi connectivity index (χ0n) is 8.16. The van der Waals surface area contributed by atoms with E-state index in [0.717, 1.165) is 26.2 Å². The van der Waals surface area contributed by atoms with Crippen LogP contribution < -0.4 is 0 Å². The van der Waals surface area contributed by atoms with E-state index in [9.17, 15) is 9.90 Å². The van der Waals surface area contributed by atoms with Gasteiger partial charge in [0.1, 0.15) is 0 Å². The molecule has 0 atom stereocenters. The smallest absolute Gasteiger partial charge is 0.190 e. The van der Waals surface area contributed by atoms with Crippen LogP contribution in [0.4, 0.5) is 0 Å².